The Labute approximate surface area is 133 Å². The van der Waals surface area contributed by atoms with Crippen molar-refractivity contribution in [1.29, 1.82) is 0 Å². The predicted octanol–water partition coefficient (Wildman–Crippen LogP) is 2.29. The van der Waals surface area contributed by atoms with Crippen molar-refractivity contribution in [2.45, 2.75) is 39.7 Å². The monoisotopic (exact) mass is 311 g/mol. The van der Waals surface area contributed by atoms with Gasteiger partial charge in [-0.15, -0.1) is 0 Å². The van der Waals surface area contributed by atoms with E-state index in [1.54, 1.807) is 18.1 Å². The molecule has 0 fully saturated rings. The molecule has 0 aromatic heterocycles. The lowest BCUT2D eigenvalue weighted by Gasteiger charge is -2.30. The number of carbonyl (C=O) groups excluding carboxylic acids is 1. The average molecular weight is 311 g/mol. The number of hydrogen-bond acceptors (Lipinski definition) is 3. The van der Waals surface area contributed by atoms with E-state index < -0.39 is 12.1 Å². The number of carbonyl (C=O) groups is 2. The molecule has 0 aliphatic heterocycles. The molecule has 0 bridgehead atoms. The quantitative estimate of drug-likeness (QED) is 0.641. The van der Waals surface area contributed by atoms with Crippen LogP contribution in [-0.2, 0) is 4.79 Å². The molecule has 6 heteroatoms. The van der Waals surface area contributed by atoms with Crippen molar-refractivity contribution in [3.05, 3.63) is 23.9 Å². The molecular weight excluding hydrogens is 282 g/mol. The lowest BCUT2D eigenvalue weighted by atomic mass is 10.0. The minimum Gasteiger partial charge on any atom is -0.465 e. The summed E-state index contributed by atoms with van der Waals surface area (Å²) in [5.74, 6) is -0.147. The van der Waals surface area contributed by atoms with Gasteiger partial charge in [-0.3, -0.25) is 9.69 Å². The van der Waals surface area contributed by atoms with E-state index in [0.717, 1.165) is 16.9 Å². The topological polar surface area (TPSA) is 72.9 Å². The van der Waals surface area contributed by atoms with Crippen LogP contribution in [0.15, 0.2) is 23.9 Å². The first-order chi connectivity index (χ1) is 10.4. The zero-order valence-corrected chi connectivity index (χ0v) is 14.3. The maximum absolute atomic E-state index is 12.7. The maximum atomic E-state index is 12.7. The number of amides is 2. The number of nitrogens with zero attached hydrogens (tertiary/aromatic N) is 2. The summed E-state index contributed by atoms with van der Waals surface area (Å²) in [6.07, 6.45) is 5.61. The highest BCUT2D eigenvalue weighted by Crippen LogP contribution is 2.15. The van der Waals surface area contributed by atoms with Crippen molar-refractivity contribution >= 4 is 12.0 Å². The van der Waals surface area contributed by atoms with Gasteiger partial charge in [-0.05, 0) is 38.1 Å². The molecule has 0 spiro atoms. The minimum absolute atomic E-state index is 0.147. The second-order valence-corrected chi connectivity index (χ2v) is 5.02. The zero-order valence-electron chi connectivity index (χ0n) is 14.3. The van der Waals surface area contributed by atoms with Crippen molar-refractivity contribution in [2.75, 3.05) is 27.2 Å². The van der Waals surface area contributed by atoms with Crippen LogP contribution in [0.5, 0.6) is 0 Å². The second kappa shape index (κ2) is 10.7. The number of carboxylic acid groups (broad SMARTS) is 1. The van der Waals surface area contributed by atoms with Crippen molar-refractivity contribution < 1.29 is 14.7 Å². The largest absolute Gasteiger partial charge is 0.465 e. The molecule has 1 atom stereocenters. The van der Waals surface area contributed by atoms with Gasteiger partial charge < -0.3 is 15.3 Å². The van der Waals surface area contributed by atoms with Crippen molar-refractivity contribution in [3.8, 4) is 0 Å². The van der Waals surface area contributed by atoms with Gasteiger partial charge in [0.05, 0.1) is 0 Å². The highest BCUT2D eigenvalue weighted by Gasteiger charge is 2.30. The van der Waals surface area contributed by atoms with Crippen molar-refractivity contribution in [1.82, 2.24) is 15.1 Å². The fourth-order valence-corrected chi connectivity index (χ4v) is 2.12. The predicted molar refractivity (Wildman–Crippen MR) is 88.7 cm³/mol. The summed E-state index contributed by atoms with van der Waals surface area (Å²) in [7, 11) is 3.23. The van der Waals surface area contributed by atoms with Gasteiger partial charge in [-0.2, -0.15) is 0 Å². The van der Waals surface area contributed by atoms with Crippen molar-refractivity contribution in [2.24, 2.45) is 0 Å². The molecule has 0 rings (SSSR count). The van der Waals surface area contributed by atoms with E-state index in [0.29, 0.717) is 19.5 Å². The summed E-state index contributed by atoms with van der Waals surface area (Å²) >= 11 is 0. The number of rotatable bonds is 9. The first-order valence-electron chi connectivity index (χ1n) is 7.66. The van der Waals surface area contributed by atoms with E-state index in [1.165, 1.54) is 7.05 Å². The van der Waals surface area contributed by atoms with Gasteiger partial charge in [-0.1, -0.05) is 13.0 Å². The molecule has 2 N–H and O–H groups in total. The molecule has 22 heavy (non-hydrogen) atoms. The molecule has 0 saturated carbocycles. The van der Waals surface area contributed by atoms with E-state index in [1.807, 2.05) is 32.9 Å². The fourth-order valence-electron chi connectivity index (χ4n) is 2.12. The molecule has 0 aliphatic rings. The number of allylic oxidation sites excluding steroid dienone is 2. The molecule has 0 saturated heterocycles. The van der Waals surface area contributed by atoms with E-state index >= 15 is 0 Å². The molecule has 0 aliphatic carbocycles. The summed E-state index contributed by atoms with van der Waals surface area (Å²) in [5.41, 5.74) is 0.911. The van der Waals surface area contributed by atoms with Crippen LogP contribution in [0.3, 0.4) is 0 Å². The molecule has 0 aromatic carbocycles. The molecule has 6 nitrogen and oxygen atoms in total. The fraction of sp³-hybridized carbons (Fsp3) is 0.625. The van der Waals surface area contributed by atoms with Gasteiger partial charge >= 0.3 is 6.09 Å². The maximum Gasteiger partial charge on any atom is 0.407 e. The van der Waals surface area contributed by atoms with Crippen LogP contribution in [0.25, 0.3) is 0 Å². The Morgan fingerprint density at radius 1 is 1.32 bits per heavy atom. The van der Waals surface area contributed by atoms with Crippen LogP contribution in [0.1, 0.15) is 33.6 Å². The van der Waals surface area contributed by atoms with E-state index in [4.69, 9.17) is 0 Å². The Hall–Kier alpha value is -1.98. The second-order valence-electron chi connectivity index (χ2n) is 5.02. The zero-order chi connectivity index (χ0) is 17.1. The van der Waals surface area contributed by atoms with E-state index in [-0.39, 0.29) is 5.91 Å². The van der Waals surface area contributed by atoms with Crippen LogP contribution in [-0.4, -0.2) is 60.1 Å². The third-order valence-electron chi connectivity index (χ3n) is 3.51. The SMILES string of the molecule is C/C=C(\C=C/NC)CC(C(=O)N(CC)CCC)N(C)C(=O)O. The third kappa shape index (κ3) is 6.20. The Kier molecular flexibility index (Phi) is 9.74. The van der Waals surface area contributed by atoms with Crippen LogP contribution in [0.4, 0.5) is 4.79 Å². The summed E-state index contributed by atoms with van der Waals surface area (Å²) in [6, 6.07) is -0.711. The lowest BCUT2D eigenvalue weighted by Crippen LogP contribution is -2.49. The first kappa shape index (κ1) is 20.0. The Bertz CT molecular complexity index is 419. The van der Waals surface area contributed by atoms with E-state index in [9.17, 15) is 14.7 Å². The normalized spacial score (nSPS) is 13.0. The molecule has 2 amide bonds. The Morgan fingerprint density at radius 2 is 1.95 bits per heavy atom. The lowest BCUT2D eigenvalue weighted by molar-refractivity contribution is -0.135. The van der Waals surface area contributed by atoms with Gasteiger partial charge in [0.25, 0.3) is 0 Å². The minimum atomic E-state index is -1.10. The van der Waals surface area contributed by atoms with Crippen molar-refractivity contribution in [3.63, 3.8) is 0 Å². The third-order valence-corrected chi connectivity index (χ3v) is 3.51. The van der Waals surface area contributed by atoms with Gasteiger partial charge in [-0.25, -0.2) is 4.79 Å². The van der Waals surface area contributed by atoms with Crippen LogP contribution < -0.4 is 5.32 Å². The molecule has 126 valence electrons. The van der Waals surface area contributed by atoms with E-state index in [2.05, 4.69) is 5.32 Å². The highest BCUT2D eigenvalue weighted by atomic mass is 16.4. The standard InChI is InChI=1S/C16H29N3O3/c1-6-11-19(8-3)15(20)14(18(5)16(21)22)12-13(7-2)9-10-17-4/h7,9-10,14,17H,6,8,11-12H2,1-5H3,(H,21,22)/b10-9-,13-7+. The summed E-state index contributed by atoms with van der Waals surface area (Å²) in [4.78, 5) is 26.8. The summed E-state index contributed by atoms with van der Waals surface area (Å²) < 4.78 is 0. The molecule has 1 unspecified atom stereocenters. The van der Waals surface area contributed by atoms with Gasteiger partial charge in [0.15, 0.2) is 0 Å². The van der Waals surface area contributed by atoms with Gasteiger partial charge in [0.2, 0.25) is 5.91 Å². The summed E-state index contributed by atoms with van der Waals surface area (Å²) in [5, 5.41) is 12.1. The average Bonchev–Trinajstić information content (AvgIpc) is 2.51. The smallest absolute Gasteiger partial charge is 0.407 e. The van der Waals surface area contributed by atoms with Crippen LogP contribution in [0.2, 0.25) is 0 Å². The number of hydrogen-bond donors (Lipinski definition) is 2. The highest BCUT2D eigenvalue weighted by molar-refractivity contribution is 5.85. The first-order valence-corrected chi connectivity index (χ1v) is 7.66. The number of likely N-dealkylation sites (N-methyl/N-ethyl adjacent to an activating group) is 2. The Morgan fingerprint density at radius 3 is 2.36 bits per heavy atom. The summed E-state index contributed by atoms with van der Waals surface area (Å²) in [6.45, 7) is 6.99. The molecule has 0 heterocycles. The van der Waals surface area contributed by atoms with Gasteiger partial charge in [0.1, 0.15) is 6.04 Å². The molecular formula is C16H29N3O3. The van der Waals surface area contributed by atoms with Crippen LogP contribution >= 0.6 is 0 Å². The molecule has 0 radical (unpaired) electrons. The Balaban J connectivity index is 5.32. The number of nitrogens with one attached hydrogen (secondary N) is 1. The molecule has 0 aromatic rings. The van der Waals surface area contributed by atoms with Gasteiger partial charge in [0, 0.05) is 33.6 Å². The van der Waals surface area contributed by atoms with Crippen LogP contribution in [0, 0.1) is 0 Å².